The van der Waals surface area contributed by atoms with E-state index in [4.69, 9.17) is 9.84 Å². The number of benzene rings is 2. The van der Waals surface area contributed by atoms with Gasteiger partial charge in [0.2, 0.25) is 5.91 Å². The van der Waals surface area contributed by atoms with Gasteiger partial charge in [-0.05, 0) is 23.3 Å². The van der Waals surface area contributed by atoms with Crippen LogP contribution in [0.5, 0.6) is 0 Å². The predicted octanol–water partition coefficient (Wildman–Crippen LogP) is 0.784. The van der Waals surface area contributed by atoms with E-state index >= 15 is 0 Å². The third-order valence-corrected chi connectivity index (χ3v) is 4.26. The first kappa shape index (κ1) is 23.4. The van der Waals surface area contributed by atoms with E-state index in [0.29, 0.717) is 5.56 Å². The summed E-state index contributed by atoms with van der Waals surface area (Å²) in [5, 5.41) is 32.1. The molecule has 10 heteroatoms. The van der Waals surface area contributed by atoms with E-state index in [1.165, 1.54) is 24.3 Å². The minimum atomic E-state index is -1.42. The first-order valence-corrected chi connectivity index (χ1v) is 9.23. The van der Waals surface area contributed by atoms with E-state index in [1.54, 1.807) is 30.3 Å². The Morgan fingerprint density at radius 1 is 0.839 bits per heavy atom. The molecule has 0 saturated carbocycles. The smallest absolute Gasteiger partial charge is 0.408 e. The minimum Gasteiger partial charge on any atom is -0.480 e. The lowest BCUT2D eigenvalue weighted by Crippen LogP contribution is -2.53. The minimum absolute atomic E-state index is 0.0400. The summed E-state index contributed by atoms with van der Waals surface area (Å²) in [6, 6.07) is 11.5. The number of aliphatic hydroxyl groups is 1. The SMILES string of the molecule is O=C(N[C@@H](CO)C(=O)N[C@H](Cc1ccc(C(=O)O)cc1)C(=O)O)OCc1ccccc1. The lowest BCUT2D eigenvalue weighted by Gasteiger charge is -2.20. The normalized spacial score (nSPS) is 12.3. The van der Waals surface area contributed by atoms with Crippen LogP contribution in [0.2, 0.25) is 0 Å². The number of aromatic carboxylic acids is 1. The molecule has 2 atom stereocenters. The summed E-state index contributed by atoms with van der Waals surface area (Å²) in [5.74, 6) is -3.36. The molecule has 0 heterocycles. The van der Waals surface area contributed by atoms with Crippen molar-refractivity contribution in [2.45, 2.75) is 25.1 Å². The Labute approximate surface area is 177 Å². The molecule has 0 saturated heterocycles. The van der Waals surface area contributed by atoms with Crippen molar-refractivity contribution in [3.8, 4) is 0 Å². The molecule has 10 nitrogen and oxygen atoms in total. The number of carboxylic acid groups (broad SMARTS) is 2. The van der Waals surface area contributed by atoms with Gasteiger partial charge < -0.3 is 30.7 Å². The summed E-state index contributed by atoms with van der Waals surface area (Å²) in [7, 11) is 0. The topological polar surface area (TPSA) is 162 Å². The van der Waals surface area contributed by atoms with Crippen LogP contribution in [-0.4, -0.2) is 57.9 Å². The van der Waals surface area contributed by atoms with Crippen LogP contribution in [0.25, 0.3) is 0 Å². The van der Waals surface area contributed by atoms with Crippen LogP contribution in [-0.2, 0) is 27.4 Å². The summed E-state index contributed by atoms with van der Waals surface area (Å²) in [5.41, 5.74) is 1.24. The molecule has 0 spiro atoms. The highest BCUT2D eigenvalue weighted by Gasteiger charge is 2.26. The van der Waals surface area contributed by atoms with Gasteiger partial charge in [-0.25, -0.2) is 14.4 Å². The van der Waals surface area contributed by atoms with E-state index in [1.807, 2.05) is 0 Å². The Bertz CT molecular complexity index is 915. The second-order valence-corrected chi connectivity index (χ2v) is 6.55. The zero-order valence-electron chi connectivity index (χ0n) is 16.4. The van der Waals surface area contributed by atoms with Gasteiger partial charge in [0.1, 0.15) is 18.7 Å². The summed E-state index contributed by atoms with van der Waals surface area (Å²) >= 11 is 0. The number of carboxylic acids is 2. The van der Waals surface area contributed by atoms with Gasteiger partial charge in [0, 0.05) is 6.42 Å². The molecule has 0 unspecified atom stereocenters. The number of hydrogen-bond acceptors (Lipinski definition) is 6. The van der Waals surface area contributed by atoms with Crippen molar-refractivity contribution in [2.75, 3.05) is 6.61 Å². The zero-order chi connectivity index (χ0) is 22.8. The van der Waals surface area contributed by atoms with Crippen LogP contribution in [0.3, 0.4) is 0 Å². The standard InChI is InChI=1S/C21H22N2O8/c24-11-17(23-21(30)31-12-14-4-2-1-3-5-14)18(25)22-16(20(28)29)10-13-6-8-15(9-7-13)19(26)27/h1-9,16-17,24H,10-12H2,(H,22,25)(H,23,30)(H,26,27)(H,28,29)/t16-,17+/m1/s1. The van der Waals surface area contributed by atoms with Crippen molar-refractivity contribution in [1.29, 1.82) is 0 Å². The fourth-order valence-electron chi connectivity index (χ4n) is 2.59. The summed E-state index contributed by atoms with van der Waals surface area (Å²) in [6.07, 6.45) is -1.08. The number of amides is 2. The average Bonchev–Trinajstić information content (AvgIpc) is 2.76. The van der Waals surface area contributed by atoms with Crippen molar-refractivity contribution < 1.29 is 39.2 Å². The Morgan fingerprint density at radius 2 is 1.48 bits per heavy atom. The lowest BCUT2D eigenvalue weighted by atomic mass is 10.0. The van der Waals surface area contributed by atoms with E-state index < -0.39 is 42.6 Å². The molecule has 0 aliphatic carbocycles. The van der Waals surface area contributed by atoms with Crippen molar-refractivity contribution in [3.63, 3.8) is 0 Å². The summed E-state index contributed by atoms with van der Waals surface area (Å²) < 4.78 is 4.98. The number of ether oxygens (including phenoxy) is 1. The molecule has 31 heavy (non-hydrogen) atoms. The maximum Gasteiger partial charge on any atom is 0.408 e. The van der Waals surface area contributed by atoms with Crippen molar-refractivity contribution in [1.82, 2.24) is 10.6 Å². The fourth-order valence-corrected chi connectivity index (χ4v) is 2.59. The number of rotatable bonds is 10. The van der Waals surface area contributed by atoms with Gasteiger partial charge in [0.25, 0.3) is 0 Å². The zero-order valence-corrected chi connectivity index (χ0v) is 16.4. The quantitative estimate of drug-likeness (QED) is 0.369. The number of aliphatic hydroxyl groups excluding tert-OH is 1. The molecular weight excluding hydrogens is 408 g/mol. The molecule has 2 aromatic carbocycles. The molecule has 2 amide bonds. The van der Waals surface area contributed by atoms with E-state index in [0.717, 1.165) is 5.56 Å². The average molecular weight is 430 g/mol. The van der Waals surface area contributed by atoms with Crippen molar-refractivity contribution in [3.05, 3.63) is 71.3 Å². The fraction of sp³-hybridized carbons (Fsp3) is 0.238. The maximum absolute atomic E-state index is 12.4. The van der Waals surface area contributed by atoms with Crippen LogP contribution < -0.4 is 10.6 Å². The predicted molar refractivity (Wildman–Crippen MR) is 107 cm³/mol. The summed E-state index contributed by atoms with van der Waals surface area (Å²) in [4.78, 5) is 46.7. The second kappa shape index (κ2) is 11.3. The number of carbonyl (C=O) groups is 4. The second-order valence-electron chi connectivity index (χ2n) is 6.55. The molecule has 0 aliphatic rings. The highest BCUT2D eigenvalue weighted by molar-refractivity contribution is 5.89. The molecule has 0 radical (unpaired) electrons. The highest BCUT2D eigenvalue weighted by Crippen LogP contribution is 2.08. The van der Waals surface area contributed by atoms with Gasteiger partial charge in [-0.1, -0.05) is 42.5 Å². The Morgan fingerprint density at radius 3 is 2.03 bits per heavy atom. The van der Waals surface area contributed by atoms with Crippen LogP contribution in [0.15, 0.2) is 54.6 Å². The summed E-state index contributed by atoms with van der Waals surface area (Å²) in [6.45, 7) is -0.817. The molecule has 0 fully saturated rings. The number of aliphatic carboxylic acids is 1. The first-order valence-electron chi connectivity index (χ1n) is 9.23. The molecule has 2 aromatic rings. The van der Waals surface area contributed by atoms with E-state index in [-0.39, 0.29) is 18.6 Å². The first-order chi connectivity index (χ1) is 14.8. The lowest BCUT2D eigenvalue weighted by molar-refractivity contribution is -0.142. The largest absolute Gasteiger partial charge is 0.480 e. The van der Waals surface area contributed by atoms with E-state index in [2.05, 4.69) is 10.6 Å². The maximum atomic E-state index is 12.4. The van der Waals surface area contributed by atoms with Crippen LogP contribution in [0.1, 0.15) is 21.5 Å². The van der Waals surface area contributed by atoms with Crippen molar-refractivity contribution >= 4 is 23.9 Å². The molecule has 164 valence electrons. The van der Waals surface area contributed by atoms with Gasteiger partial charge in [-0.3, -0.25) is 4.79 Å². The number of carbonyl (C=O) groups excluding carboxylic acids is 2. The third-order valence-electron chi connectivity index (χ3n) is 4.26. The Balaban J connectivity index is 1.93. The van der Waals surface area contributed by atoms with E-state index in [9.17, 15) is 29.4 Å². The monoisotopic (exact) mass is 430 g/mol. The van der Waals surface area contributed by atoms with Crippen LogP contribution in [0, 0.1) is 0 Å². The molecular formula is C21H22N2O8. The van der Waals surface area contributed by atoms with Gasteiger partial charge in [0.15, 0.2) is 0 Å². The van der Waals surface area contributed by atoms with Crippen molar-refractivity contribution in [2.24, 2.45) is 0 Å². The molecule has 2 rings (SSSR count). The number of nitrogens with one attached hydrogen (secondary N) is 2. The number of alkyl carbamates (subject to hydrolysis) is 1. The molecule has 0 aromatic heterocycles. The van der Waals surface area contributed by atoms with Gasteiger partial charge in [-0.2, -0.15) is 0 Å². The van der Waals surface area contributed by atoms with Gasteiger partial charge >= 0.3 is 18.0 Å². The van der Waals surface area contributed by atoms with Gasteiger partial charge in [-0.15, -0.1) is 0 Å². The number of hydrogen-bond donors (Lipinski definition) is 5. The molecule has 5 N–H and O–H groups in total. The van der Waals surface area contributed by atoms with Crippen LogP contribution in [0.4, 0.5) is 4.79 Å². The third kappa shape index (κ3) is 7.44. The van der Waals surface area contributed by atoms with Gasteiger partial charge in [0.05, 0.1) is 12.2 Å². The molecule has 0 aliphatic heterocycles. The Kier molecular flexibility index (Phi) is 8.52. The molecule has 0 bridgehead atoms. The highest BCUT2D eigenvalue weighted by atomic mass is 16.5. The van der Waals surface area contributed by atoms with Crippen LogP contribution >= 0.6 is 0 Å². The Hall–Kier alpha value is -3.92.